The average molecular weight is 275 g/mol. The monoisotopic (exact) mass is 275 g/mol. The number of amides is 1. The molecule has 1 N–H and O–H groups in total. The van der Waals surface area contributed by atoms with Crippen molar-refractivity contribution in [3.05, 3.63) is 30.1 Å². The van der Waals surface area contributed by atoms with Crippen LogP contribution in [0.2, 0.25) is 0 Å². The molecule has 0 unspecified atom stereocenters. The normalized spacial score (nSPS) is 17.9. The van der Waals surface area contributed by atoms with Crippen molar-refractivity contribution in [2.75, 3.05) is 13.1 Å². The van der Waals surface area contributed by atoms with Gasteiger partial charge in [0.2, 0.25) is 5.91 Å². The van der Waals surface area contributed by atoms with Gasteiger partial charge < -0.3 is 5.32 Å². The number of pyridine rings is 1. The SMILES string of the molecule is CC(C)(C)N1CCC(C(=O)NCc2ccccn2)CC1. The van der Waals surface area contributed by atoms with E-state index in [2.05, 4.69) is 36.0 Å². The Bertz CT molecular complexity index is 431. The van der Waals surface area contributed by atoms with Crippen LogP contribution in [0.15, 0.2) is 24.4 Å². The minimum Gasteiger partial charge on any atom is -0.350 e. The van der Waals surface area contributed by atoms with Crippen molar-refractivity contribution in [2.24, 2.45) is 5.92 Å². The van der Waals surface area contributed by atoms with Crippen molar-refractivity contribution < 1.29 is 4.79 Å². The molecule has 0 radical (unpaired) electrons. The number of rotatable bonds is 3. The van der Waals surface area contributed by atoms with Crippen LogP contribution < -0.4 is 5.32 Å². The van der Waals surface area contributed by atoms with E-state index in [1.54, 1.807) is 6.20 Å². The Morgan fingerprint density at radius 2 is 2.05 bits per heavy atom. The molecule has 0 bridgehead atoms. The van der Waals surface area contributed by atoms with Crippen molar-refractivity contribution in [2.45, 2.75) is 45.7 Å². The average Bonchev–Trinajstić information content (AvgIpc) is 2.45. The number of nitrogens with one attached hydrogen (secondary N) is 1. The van der Waals surface area contributed by atoms with E-state index in [4.69, 9.17) is 0 Å². The van der Waals surface area contributed by atoms with Crippen molar-refractivity contribution in [3.8, 4) is 0 Å². The summed E-state index contributed by atoms with van der Waals surface area (Å²) >= 11 is 0. The second-order valence-corrected chi connectivity index (χ2v) is 6.47. The maximum absolute atomic E-state index is 12.2. The molecule has 1 aromatic heterocycles. The van der Waals surface area contributed by atoms with Crippen LogP contribution in [0.4, 0.5) is 0 Å². The lowest BCUT2D eigenvalue weighted by Gasteiger charge is -2.40. The van der Waals surface area contributed by atoms with E-state index in [0.717, 1.165) is 31.6 Å². The summed E-state index contributed by atoms with van der Waals surface area (Å²) in [6, 6.07) is 5.76. The largest absolute Gasteiger partial charge is 0.350 e. The Labute approximate surface area is 121 Å². The van der Waals surface area contributed by atoms with Crippen LogP contribution in [0.5, 0.6) is 0 Å². The second kappa shape index (κ2) is 6.35. The van der Waals surface area contributed by atoms with Crippen LogP contribution in [0, 0.1) is 5.92 Å². The number of nitrogens with zero attached hydrogens (tertiary/aromatic N) is 2. The Balaban J connectivity index is 1.78. The Morgan fingerprint density at radius 3 is 2.60 bits per heavy atom. The molecule has 1 amide bonds. The van der Waals surface area contributed by atoms with E-state index in [0.29, 0.717) is 6.54 Å². The first-order valence-corrected chi connectivity index (χ1v) is 7.39. The smallest absolute Gasteiger partial charge is 0.223 e. The van der Waals surface area contributed by atoms with Crippen LogP contribution in [0.3, 0.4) is 0 Å². The molecule has 0 aliphatic carbocycles. The van der Waals surface area contributed by atoms with E-state index in [1.807, 2.05) is 18.2 Å². The van der Waals surface area contributed by atoms with E-state index < -0.39 is 0 Å². The lowest BCUT2D eigenvalue weighted by atomic mass is 9.92. The molecule has 4 nitrogen and oxygen atoms in total. The van der Waals surface area contributed by atoms with Gasteiger partial charge in [0.1, 0.15) is 0 Å². The fourth-order valence-electron chi connectivity index (χ4n) is 2.64. The molecule has 0 saturated carbocycles. The summed E-state index contributed by atoms with van der Waals surface area (Å²) in [5, 5.41) is 3.00. The third-order valence-corrected chi connectivity index (χ3v) is 3.98. The number of carbonyl (C=O) groups is 1. The van der Waals surface area contributed by atoms with Crippen LogP contribution in [-0.4, -0.2) is 34.4 Å². The van der Waals surface area contributed by atoms with Crippen LogP contribution in [0.25, 0.3) is 0 Å². The van der Waals surface area contributed by atoms with Gasteiger partial charge in [-0.25, -0.2) is 0 Å². The minimum atomic E-state index is 0.150. The second-order valence-electron chi connectivity index (χ2n) is 6.47. The van der Waals surface area contributed by atoms with Gasteiger partial charge in [-0.1, -0.05) is 6.07 Å². The Morgan fingerprint density at radius 1 is 1.35 bits per heavy atom. The highest BCUT2D eigenvalue weighted by Gasteiger charge is 2.29. The number of hydrogen-bond acceptors (Lipinski definition) is 3. The van der Waals surface area contributed by atoms with Gasteiger partial charge >= 0.3 is 0 Å². The summed E-state index contributed by atoms with van der Waals surface area (Å²) in [6.45, 7) is 9.23. The van der Waals surface area contributed by atoms with E-state index in [-0.39, 0.29) is 17.4 Å². The van der Waals surface area contributed by atoms with Gasteiger partial charge in [0, 0.05) is 17.7 Å². The Kier molecular flexibility index (Phi) is 4.76. The van der Waals surface area contributed by atoms with E-state index in [1.165, 1.54) is 0 Å². The maximum Gasteiger partial charge on any atom is 0.223 e. The molecule has 20 heavy (non-hydrogen) atoms. The van der Waals surface area contributed by atoms with Crippen LogP contribution in [0.1, 0.15) is 39.3 Å². The highest BCUT2D eigenvalue weighted by Crippen LogP contribution is 2.23. The molecule has 1 saturated heterocycles. The molecule has 4 heteroatoms. The van der Waals surface area contributed by atoms with Crippen molar-refractivity contribution in [3.63, 3.8) is 0 Å². The standard InChI is InChI=1S/C16H25N3O/c1-16(2,3)19-10-7-13(8-11-19)15(20)18-12-14-6-4-5-9-17-14/h4-6,9,13H,7-8,10-12H2,1-3H3,(H,18,20). The number of carbonyl (C=O) groups excluding carboxylic acids is 1. The first kappa shape index (κ1) is 15.0. The van der Waals surface area contributed by atoms with Crippen molar-refractivity contribution >= 4 is 5.91 Å². The maximum atomic E-state index is 12.2. The van der Waals surface area contributed by atoms with E-state index >= 15 is 0 Å². The molecule has 2 rings (SSSR count). The predicted molar refractivity (Wildman–Crippen MR) is 80.1 cm³/mol. The third kappa shape index (κ3) is 4.04. The highest BCUT2D eigenvalue weighted by atomic mass is 16.1. The number of aromatic nitrogens is 1. The van der Waals surface area contributed by atoms with Gasteiger partial charge in [-0.15, -0.1) is 0 Å². The summed E-state index contributed by atoms with van der Waals surface area (Å²) in [4.78, 5) is 18.8. The summed E-state index contributed by atoms with van der Waals surface area (Å²) in [5.74, 6) is 0.321. The van der Waals surface area contributed by atoms with Crippen molar-refractivity contribution in [1.82, 2.24) is 15.2 Å². The summed E-state index contributed by atoms with van der Waals surface area (Å²) in [6.07, 6.45) is 3.65. The van der Waals surface area contributed by atoms with Crippen molar-refractivity contribution in [1.29, 1.82) is 0 Å². The van der Waals surface area contributed by atoms with Gasteiger partial charge in [-0.05, 0) is 58.8 Å². The molecule has 1 aromatic rings. The summed E-state index contributed by atoms with van der Waals surface area (Å²) in [7, 11) is 0. The molecule has 2 heterocycles. The first-order chi connectivity index (χ1) is 9.47. The van der Waals surface area contributed by atoms with Gasteiger partial charge in [0.05, 0.1) is 12.2 Å². The molecule has 1 aliphatic heterocycles. The Hall–Kier alpha value is -1.42. The van der Waals surface area contributed by atoms with Gasteiger partial charge in [-0.2, -0.15) is 0 Å². The number of likely N-dealkylation sites (tertiary alicyclic amines) is 1. The summed E-state index contributed by atoms with van der Waals surface area (Å²) < 4.78 is 0. The predicted octanol–water partition coefficient (Wildman–Crippen LogP) is 2.21. The molecule has 0 aromatic carbocycles. The first-order valence-electron chi connectivity index (χ1n) is 7.39. The molecule has 0 spiro atoms. The molecular weight excluding hydrogens is 250 g/mol. The highest BCUT2D eigenvalue weighted by molar-refractivity contribution is 5.78. The zero-order chi connectivity index (χ0) is 14.6. The molecule has 1 aliphatic rings. The van der Waals surface area contributed by atoms with E-state index in [9.17, 15) is 4.79 Å². The molecule has 0 atom stereocenters. The zero-order valence-corrected chi connectivity index (χ0v) is 12.7. The third-order valence-electron chi connectivity index (χ3n) is 3.98. The number of hydrogen-bond donors (Lipinski definition) is 1. The van der Waals surface area contributed by atoms with Gasteiger partial charge in [0.25, 0.3) is 0 Å². The summed E-state index contributed by atoms with van der Waals surface area (Å²) in [5.41, 5.74) is 1.11. The minimum absolute atomic E-state index is 0.150. The lowest BCUT2D eigenvalue weighted by Crippen LogP contribution is -2.48. The van der Waals surface area contributed by atoms with Crippen LogP contribution >= 0.6 is 0 Å². The topological polar surface area (TPSA) is 45.2 Å². The van der Waals surface area contributed by atoms with Crippen LogP contribution in [-0.2, 0) is 11.3 Å². The van der Waals surface area contributed by atoms with Gasteiger partial charge in [-0.3, -0.25) is 14.7 Å². The van der Waals surface area contributed by atoms with Gasteiger partial charge in [0.15, 0.2) is 0 Å². The molecular formula is C16H25N3O. The molecule has 1 fully saturated rings. The lowest BCUT2D eigenvalue weighted by molar-refractivity contribution is -0.127. The molecule has 110 valence electrons. The fraction of sp³-hybridized carbons (Fsp3) is 0.625. The number of piperidine rings is 1. The quantitative estimate of drug-likeness (QED) is 0.920. The zero-order valence-electron chi connectivity index (χ0n) is 12.7. The fourth-order valence-corrected chi connectivity index (χ4v) is 2.64.